The van der Waals surface area contributed by atoms with Crippen molar-refractivity contribution >= 4 is 23.7 Å². The number of anilines is 1. The first-order valence-electron chi connectivity index (χ1n) is 11.2. The Morgan fingerprint density at radius 1 is 1.09 bits per heavy atom. The number of fused-ring (bicyclic) bond motifs is 3. The minimum absolute atomic E-state index is 0.0271. The van der Waals surface area contributed by atoms with Gasteiger partial charge in [0.25, 0.3) is 5.91 Å². The van der Waals surface area contributed by atoms with Crippen LogP contribution in [-0.4, -0.2) is 28.8 Å². The number of carbonyl (C=O) groups is 1. The fraction of sp³-hybridized carbons (Fsp3) is 0.609. The van der Waals surface area contributed by atoms with Crippen LogP contribution in [0, 0.1) is 34.0 Å². The largest absolute Gasteiger partial charge is 0.416 e. The van der Waals surface area contributed by atoms with Crippen LogP contribution in [0.5, 0.6) is 0 Å². The molecule has 6 nitrogen and oxygen atoms in total. The van der Waals surface area contributed by atoms with E-state index in [9.17, 15) is 23.2 Å². The molecular weight excluding hydrogens is 451 g/mol. The molecule has 3 aliphatic carbocycles. The fourth-order valence-electron chi connectivity index (χ4n) is 5.04. The minimum Gasteiger partial charge on any atom is -0.347 e. The molecule has 0 spiro atoms. The normalized spacial score (nSPS) is 28.0. The van der Waals surface area contributed by atoms with Gasteiger partial charge in [-0.15, -0.1) is 0 Å². The molecule has 0 radical (unpaired) electrons. The number of rotatable bonds is 5. The monoisotopic (exact) mass is 477 g/mol. The molecule has 0 unspecified atom stereocenters. The van der Waals surface area contributed by atoms with Gasteiger partial charge < -0.3 is 10.0 Å². The third-order valence-electron chi connectivity index (χ3n) is 7.37. The van der Waals surface area contributed by atoms with E-state index in [0.717, 1.165) is 25.0 Å². The number of hydrogen-bond acceptors (Lipinski definition) is 6. The molecule has 1 heterocycles. The van der Waals surface area contributed by atoms with Crippen LogP contribution < -0.4 is 10.0 Å². The van der Waals surface area contributed by atoms with Crippen molar-refractivity contribution in [1.82, 2.24) is 9.62 Å². The Bertz CT molecular complexity index is 967. The second-order valence-electron chi connectivity index (χ2n) is 9.41. The molecule has 2 bridgehead atoms. The molecular formula is C23H26F3N5OS. The molecule has 4 aliphatic rings. The van der Waals surface area contributed by atoms with E-state index in [2.05, 4.69) is 22.2 Å². The van der Waals surface area contributed by atoms with Crippen LogP contribution in [0.3, 0.4) is 0 Å². The number of hydrogen-bond donors (Lipinski definition) is 2. The molecule has 176 valence electrons. The van der Waals surface area contributed by atoms with Crippen molar-refractivity contribution in [2.24, 2.45) is 11.3 Å². The molecule has 5 rings (SSSR count). The predicted molar refractivity (Wildman–Crippen MR) is 119 cm³/mol. The highest BCUT2D eigenvalue weighted by molar-refractivity contribution is 7.98. The second kappa shape index (κ2) is 9.08. The van der Waals surface area contributed by atoms with Crippen molar-refractivity contribution < 1.29 is 18.0 Å². The van der Waals surface area contributed by atoms with E-state index in [0.29, 0.717) is 57.3 Å². The lowest BCUT2D eigenvalue weighted by atomic mass is 9.58. The standard InChI is InChI=1S/C23H26F3N5OS/c24-23(25,26)17-1-2-19(30-33-31-11-3-16(14-27)4-12-31)18(13-17)20(32)29-22-8-5-21(15-28,6-9-22)7-10-22/h1-2,13,16,30H,3-12H2,(H,29,32). The SMILES string of the molecule is N#CC1CCN(SNc2ccc(C(F)(F)F)cc2C(=O)NC23CCC(C#N)(CC2)CC3)CC1. The predicted octanol–water partition coefficient (Wildman–Crippen LogP) is 5.26. The van der Waals surface area contributed by atoms with Crippen molar-refractivity contribution in [2.75, 3.05) is 17.8 Å². The summed E-state index contributed by atoms with van der Waals surface area (Å²) in [6.07, 6.45) is 1.00. The zero-order chi connectivity index (χ0) is 23.7. The van der Waals surface area contributed by atoms with Crippen LogP contribution in [0.2, 0.25) is 0 Å². The number of benzene rings is 1. The molecule has 1 saturated heterocycles. The maximum atomic E-state index is 13.4. The van der Waals surface area contributed by atoms with Gasteiger partial charge in [0.2, 0.25) is 0 Å². The van der Waals surface area contributed by atoms with Crippen LogP contribution in [0.25, 0.3) is 0 Å². The second-order valence-corrected chi connectivity index (χ2v) is 10.3. The average Bonchev–Trinajstić information content (AvgIpc) is 2.83. The number of nitrogens with one attached hydrogen (secondary N) is 2. The summed E-state index contributed by atoms with van der Waals surface area (Å²) >= 11 is 1.25. The van der Waals surface area contributed by atoms with Gasteiger partial charge in [-0.05, 0) is 69.6 Å². The van der Waals surface area contributed by atoms with Crippen molar-refractivity contribution in [3.63, 3.8) is 0 Å². The van der Waals surface area contributed by atoms with Gasteiger partial charge in [0.15, 0.2) is 0 Å². The molecule has 1 aliphatic heterocycles. The third kappa shape index (κ3) is 5.07. The van der Waals surface area contributed by atoms with Crippen molar-refractivity contribution in [1.29, 1.82) is 10.5 Å². The molecule has 3 saturated carbocycles. The first kappa shape index (κ1) is 23.7. The fourth-order valence-corrected chi connectivity index (χ4v) is 5.84. The minimum atomic E-state index is -4.56. The van der Waals surface area contributed by atoms with Gasteiger partial charge in [-0.25, -0.2) is 4.31 Å². The summed E-state index contributed by atoms with van der Waals surface area (Å²) in [5.74, 6) is -0.502. The maximum Gasteiger partial charge on any atom is 0.416 e. The van der Waals surface area contributed by atoms with Crippen molar-refractivity contribution in [3.8, 4) is 12.1 Å². The van der Waals surface area contributed by atoms with E-state index < -0.39 is 23.2 Å². The van der Waals surface area contributed by atoms with Gasteiger partial charge in [-0.2, -0.15) is 23.7 Å². The van der Waals surface area contributed by atoms with Crippen molar-refractivity contribution in [2.45, 2.75) is 63.1 Å². The zero-order valence-corrected chi connectivity index (χ0v) is 19.0. The first-order valence-corrected chi connectivity index (χ1v) is 12.0. The molecule has 0 atom stereocenters. The highest BCUT2D eigenvalue weighted by atomic mass is 32.2. The highest BCUT2D eigenvalue weighted by Crippen LogP contribution is 2.52. The van der Waals surface area contributed by atoms with E-state index >= 15 is 0 Å². The quantitative estimate of drug-likeness (QED) is 0.562. The Morgan fingerprint density at radius 2 is 1.73 bits per heavy atom. The Balaban J connectivity index is 1.50. The molecule has 2 N–H and O–H groups in total. The van der Waals surface area contributed by atoms with E-state index in [4.69, 9.17) is 5.26 Å². The molecule has 4 fully saturated rings. The molecule has 10 heteroatoms. The molecule has 33 heavy (non-hydrogen) atoms. The summed E-state index contributed by atoms with van der Waals surface area (Å²) in [5.41, 5.74) is -1.37. The van der Waals surface area contributed by atoms with Gasteiger partial charge >= 0.3 is 6.18 Å². The van der Waals surface area contributed by atoms with Gasteiger partial charge in [-0.3, -0.25) is 4.79 Å². The summed E-state index contributed by atoms with van der Waals surface area (Å²) in [5, 5.41) is 21.5. The average molecular weight is 478 g/mol. The van der Waals surface area contributed by atoms with Crippen LogP contribution >= 0.6 is 12.1 Å². The Morgan fingerprint density at radius 3 is 2.27 bits per heavy atom. The number of piperidine rings is 1. The van der Waals surface area contributed by atoms with Gasteiger partial charge in [0.1, 0.15) is 0 Å². The van der Waals surface area contributed by atoms with Crippen LogP contribution in [0.15, 0.2) is 18.2 Å². The molecule has 1 aromatic carbocycles. The number of carbonyl (C=O) groups excluding carboxylic acids is 1. The van der Waals surface area contributed by atoms with Gasteiger partial charge in [0.05, 0.1) is 34.4 Å². The lowest BCUT2D eigenvalue weighted by Gasteiger charge is -2.50. The topological polar surface area (TPSA) is 91.9 Å². The number of nitrogens with zero attached hydrogens (tertiary/aromatic N) is 3. The maximum absolute atomic E-state index is 13.4. The Kier molecular flexibility index (Phi) is 6.52. The molecule has 1 aromatic rings. The lowest BCUT2D eigenvalue weighted by Crippen LogP contribution is -2.56. The summed E-state index contributed by atoms with van der Waals surface area (Å²) in [6, 6.07) is 7.87. The molecule has 1 amide bonds. The van der Waals surface area contributed by atoms with E-state index in [1.54, 1.807) is 0 Å². The van der Waals surface area contributed by atoms with Crippen LogP contribution in [-0.2, 0) is 6.18 Å². The Labute approximate surface area is 195 Å². The molecule has 0 aromatic heterocycles. The first-order chi connectivity index (χ1) is 15.7. The van der Waals surface area contributed by atoms with E-state index in [1.165, 1.54) is 18.2 Å². The summed E-state index contributed by atoms with van der Waals surface area (Å²) in [7, 11) is 0. The van der Waals surface area contributed by atoms with E-state index in [-0.39, 0.29) is 16.9 Å². The number of alkyl halides is 3. The number of nitriles is 2. The number of amides is 1. The van der Waals surface area contributed by atoms with Crippen LogP contribution in [0.4, 0.5) is 18.9 Å². The summed E-state index contributed by atoms with van der Waals surface area (Å²) in [6.45, 7) is 1.36. The zero-order valence-electron chi connectivity index (χ0n) is 18.2. The van der Waals surface area contributed by atoms with Gasteiger partial charge in [-0.1, -0.05) is 0 Å². The van der Waals surface area contributed by atoms with Gasteiger partial charge in [0, 0.05) is 36.7 Å². The number of halogens is 3. The lowest BCUT2D eigenvalue weighted by molar-refractivity contribution is -0.137. The smallest absolute Gasteiger partial charge is 0.347 e. The van der Waals surface area contributed by atoms with E-state index in [1.807, 2.05) is 4.31 Å². The summed E-state index contributed by atoms with van der Waals surface area (Å²) in [4.78, 5) is 13.2. The highest BCUT2D eigenvalue weighted by Gasteiger charge is 2.49. The van der Waals surface area contributed by atoms with Crippen molar-refractivity contribution in [3.05, 3.63) is 29.3 Å². The summed E-state index contributed by atoms with van der Waals surface area (Å²) < 4.78 is 45.2. The third-order valence-corrected chi connectivity index (χ3v) is 8.31. The Hall–Kier alpha value is -2.43. The van der Waals surface area contributed by atoms with Crippen LogP contribution in [0.1, 0.15) is 67.3 Å².